The van der Waals surface area contributed by atoms with Gasteiger partial charge < -0.3 is 14.8 Å². The molecule has 0 aliphatic carbocycles. The molecule has 1 aromatic heterocycles. The zero-order valence-electron chi connectivity index (χ0n) is 11.8. The first-order chi connectivity index (χ1) is 9.11. The van der Waals surface area contributed by atoms with Gasteiger partial charge in [-0.05, 0) is 17.5 Å². The van der Waals surface area contributed by atoms with Crippen LogP contribution in [-0.2, 0) is 16.1 Å². The van der Waals surface area contributed by atoms with Gasteiger partial charge in [0.05, 0.1) is 13.7 Å². The second-order valence-electron chi connectivity index (χ2n) is 4.70. The number of hydrogen-bond acceptors (Lipinski definition) is 4. The van der Waals surface area contributed by atoms with Crippen LogP contribution in [0.5, 0.6) is 5.88 Å². The van der Waals surface area contributed by atoms with E-state index in [1.807, 2.05) is 6.07 Å². The molecule has 19 heavy (non-hydrogen) atoms. The molecule has 0 aromatic carbocycles. The molecule has 0 saturated heterocycles. The Kier molecular flexibility index (Phi) is 6.89. The molecule has 1 N–H and O–H groups in total. The first kappa shape index (κ1) is 15.4. The van der Waals surface area contributed by atoms with Crippen molar-refractivity contribution in [1.82, 2.24) is 10.3 Å². The maximum Gasteiger partial charge on any atom is 0.222 e. The average molecular weight is 266 g/mol. The summed E-state index contributed by atoms with van der Waals surface area (Å²) >= 11 is 0. The first-order valence-electron chi connectivity index (χ1n) is 6.45. The number of aromatic nitrogens is 1. The Morgan fingerprint density at radius 3 is 2.95 bits per heavy atom. The molecular formula is C14H22N2O3. The van der Waals surface area contributed by atoms with E-state index in [2.05, 4.69) is 24.1 Å². The Labute approximate surface area is 114 Å². The zero-order chi connectivity index (χ0) is 14.1. The Hall–Kier alpha value is -1.62. The quantitative estimate of drug-likeness (QED) is 0.728. The van der Waals surface area contributed by atoms with Gasteiger partial charge in [-0.15, -0.1) is 0 Å². The van der Waals surface area contributed by atoms with E-state index < -0.39 is 0 Å². The highest BCUT2D eigenvalue weighted by molar-refractivity contribution is 5.75. The topological polar surface area (TPSA) is 60.5 Å². The number of carbonyl (C=O) groups excluding carboxylic acids is 1. The molecule has 5 nitrogen and oxygen atoms in total. The number of pyridine rings is 1. The lowest BCUT2D eigenvalue weighted by atomic mass is 10.2. The molecule has 0 fully saturated rings. The van der Waals surface area contributed by atoms with Crippen LogP contribution in [0.2, 0.25) is 0 Å². The average Bonchev–Trinajstić information content (AvgIpc) is 2.41. The monoisotopic (exact) mass is 266 g/mol. The summed E-state index contributed by atoms with van der Waals surface area (Å²) in [5, 5.41) is 2.84. The summed E-state index contributed by atoms with van der Waals surface area (Å²) in [5.41, 5.74) is 0.961. The molecule has 0 aliphatic heterocycles. The van der Waals surface area contributed by atoms with E-state index >= 15 is 0 Å². The highest BCUT2D eigenvalue weighted by Gasteiger charge is 2.03. The van der Waals surface area contributed by atoms with Crippen LogP contribution < -0.4 is 10.1 Å². The van der Waals surface area contributed by atoms with E-state index in [4.69, 9.17) is 9.47 Å². The second-order valence-corrected chi connectivity index (χ2v) is 4.70. The number of amides is 1. The number of rotatable bonds is 8. The largest absolute Gasteiger partial charge is 0.481 e. The number of methoxy groups -OCH3 is 1. The van der Waals surface area contributed by atoms with Gasteiger partial charge in [-0.3, -0.25) is 4.79 Å². The fourth-order valence-corrected chi connectivity index (χ4v) is 1.44. The summed E-state index contributed by atoms with van der Waals surface area (Å²) < 4.78 is 10.4. The zero-order valence-corrected chi connectivity index (χ0v) is 11.8. The molecule has 1 amide bonds. The molecule has 5 heteroatoms. The second kappa shape index (κ2) is 8.48. The van der Waals surface area contributed by atoms with Crippen molar-refractivity contribution in [1.29, 1.82) is 0 Å². The van der Waals surface area contributed by atoms with Crippen molar-refractivity contribution < 1.29 is 14.3 Å². The van der Waals surface area contributed by atoms with Crippen molar-refractivity contribution >= 4 is 5.91 Å². The molecule has 0 aliphatic rings. The Balaban J connectivity index is 2.22. The van der Waals surface area contributed by atoms with E-state index in [1.165, 1.54) is 0 Å². The molecule has 0 spiro atoms. The van der Waals surface area contributed by atoms with Gasteiger partial charge in [0.1, 0.15) is 0 Å². The van der Waals surface area contributed by atoms with Crippen molar-refractivity contribution in [2.24, 2.45) is 5.92 Å². The fraction of sp³-hybridized carbons (Fsp3) is 0.571. The lowest BCUT2D eigenvalue weighted by Crippen LogP contribution is -2.24. The number of nitrogens with one attached hydrogen (secondary N) is 1. The third kappa shape index (κ3) is 6.76. The van der Waals surface area contributed by atoms with E-state index in [9.17, 15) is 4.79 Å². The maximum atomic E-state index is 11.6. The number of nitrogens with zero attached hydrogens (tertiary/aromatic N) is 1. The molecule has 106 valence electrons. The Bertz CT molecular complexity index is 394. The van der Waals surface area contributed by atoms with Gasteiger partial charge in [-0.25, -0.2) is 4.98 Å². The number of ether oxygens (including phenoxy) is 2. The predicted molar refractivity (Wildman–Crippen MR) is 72.9 cm³/mol. The molecule has 0 saturated carbocycles. The van der Waals surface area contributed by atoms with Crippen LogP contribution in [0.4, 0.5) is 0 Å². The minimum absolute atomic E-state index is 0.0143. The molecule has 1 rings (SSSR count). The van der Waals surface area contributed by atoms with E-state index in [-0.39, 0.29) is 5.91 Å². The van der Waals surface area contributed by atoms with Gasteiger partial charge in [0.15, 0.2) is 0 Å². The normalized spacial score (nSPS) is 10.5. The van der Waals surface area contributed by atoms with Gasteiger partial charge in [0, 0.05) is 31.8 Å². The van der Waals surface area contributed by atoms with Crippen LogP contribution in [0.1, 0.15) is 25.8 Å². The molecular weight excluding hydrogens is 244 g/mol. The van der Waals surface area contributed by atoms with E-state index in [0.29, 0.717) is 38.0 Å². The van der Waals surface area contributed by atoms with Gasteiger partial charge >= 0.3 is 0 Å². The summed E-state index contributed by atoms with van der Waals surface area (Å²) in [7, 11) is 1.57. The third-order valence-electron chi connectivity index (χ3n) is 2.42. The van der Waals surface area contributed by atoms with Crippen molar-refractivity contribution in [2.75, 3.05) is 20.3 Å². The number of hydrogen-bond donors (Lipinski definition) is 1. The van der Waals surface area contributed by atoms with Crippen LogP contribution in [0.3, 0.4) is 0 Å². The van der Waals surface area contributed by atoms with Crippen LogP contribution in [0, 0.1) is 5.92 Å². The van der Waals surface area contributed by atoms with Gasteiger partial charge in [0.2, 0.25) is 11.8 Å². The smallest absolute Gasteiger partial charge is 0.222 e. The van der Waals surface area contributed by atoms with Crippen LogP contribution in [0.25, 0.3) is 0 Å². The maximum absolute atomic E-state index is 11.6. The minimum Gasteiger partial charge on any atom is -0.481 e. The van der Waals surface area contributed by atoms with Gasteiger partial charge in [0.25, 0.3) is 0 Å². The van der Waals surface area contributed by atoms with Crippen molar-refractivity contribution in [3.05, 3.63) is 23.9 Å². The Morgan fingerprint density at radius 1 is 1.47 bits per heavy atom. The summed E-state index contributed by atoms with van der Waals surface area (Å²) in [6, 6.07) is 3.65. The summed E-state index contributed by atoms with van der Waals surface area (Å²) in [6.07, 6.45) is 2.04. The molecule has 0 atom stereocenters. The van der Waals surface area contributed by atoms with Crippen molar-refractivity contribution in [2.45, 2.75) is 26.8 Å². The highest BCUT2D eigenvalue weighted by atomic mass is 16.5. The van der Waals surface area contributed by atoms with Crippen LogP contribution in [0.15, 0.2) is 18.3 Å². The van der Waals surface area contributed by atoms with Crippen LogP contribution in [-0.4, -0.2) is 31.2 Å². The Morgan fingerprint density at radius 2 is 2.26 bits per heavy atom. The minimum atomic E-state index is -0.0143. The lowest BCUT2D eigenvalue weighted by molar-refractivity contribution is -0.122. The molecule has 1 aromatic rings. The summed E-state index contributed by atoms with van der Waals surface area (Å²) in [5.74, 6) is 1.03. The first-order valence-corrected chi connectivity index (χ1v) is 6.45. The third-order valence-corrected chi connectivity index (χ3v) is 2.42. The van der Waals surface area contributed by atoms with E-state index in [0.717, 1.165) is 5.56 Å². The van der Waals surface area contributed by atoms with Gasteiger partial charge in [-0.1, -0.05) is 13.8 Å². The number of carbonyl (C=O) groups is 1. The standard InChI is InChI=1S/C14H22N2O3/c1-11(2)10-19-7-5-13(17)16-9-12-4-6-15-14(8-12)18-3/h4,6,8,11H,5,7,9-10H2,1-3H3,(H,16,17). The summed E-state index contributed by atoms with van der Waals surface area (Å²) in [6.45, 7) is 5.79. The van der Waals surface area contributed by atoms with Crippen molar-refractivity contribution in [3.8, 4) is 5.88 Å². The predicted octanol–water partition coefficient (Wildman–Crippen LogP) is 1.77. The van der Waals surface area contributed by atoms with E-state index in [1.54, 1.807) is 19.4 Å². The van der Waals surface area contributed by atoms with Crippen LogP contribution >= 0.6 is 0 Å². The fourth-order valence-electron chi connectivity index (χ4n) is 1.44. The van der Waals surface area contributed by atoms with Gasteiger partial charge in [-0.2, -0.15) is 0 Å². The highest BCUT2D eigenvalue weighted by Crippen LogP contribution is 2.07. The molecule has 0 unspecified atom stereocenters. The summed E-state index contributed by atoms with van der Waals surface area (Å²) in [4.78, 5) is 15.6. The van der Waals surface area contributed by atoms with Crippen molar-refractivity contribution in [3.63, 3.8) is 0 Å². The molecule has 0 bridgehead atoms. The molecule has 0 radical (unpaired) electrons. The SMILES string of the molecule is COc1cc(CNC(=O)CCOCC(C)C)ccn1. The lowest BCUT2D eigenvalue weighted by Gasteiger charge is -2.08. The molecule has 1 heterocycles.